The second-order valence-corrected chi connectivity index (χ2v) is 8.42. The Balaban J connectivity index is 1.61. The van der Waals surface area contributed by atoms with Crippen LogP contribution < -0.4 is 0 Å². The second-order valence-electron chi connectivity index (χ2n) is 8.42. The lowest BCUT2D eigenvalue weighted by Crippen LogP contribution is -2.26. The van der Waals surface area contributed by atoms with Gasteiger partial charge >= 0.3 is 0 Å². The number of para-hydroxylation sites is 1. The van der Waals surface area contributed by atoms with Crippen LogP contribution in [0.1, 0.15) is 54.7 Å². The Kier molecular flexibility index (Phi) is 6.73. The molecule has 0 radical (unpaired) electrons. The lowest BCUT2D eigenvalue weighted by atomic mass is 9.91. The van der Waals surface area contributed by atoms with Gasteiger partial charge in [-0.25, -0.2) is 9.97 Å². The summed E-state index contributed by atoms with van der Waals surface area (Å²) in [7, 11) is 2.17. The summed E-state index contributed by atoms with van der Waals surface area (Å²) in [6, 6.07) is 29.9. The Labute approximate surface area is 185 Å². The van der Waals surface area contributed by atoms with E-state index in [2.05, 4.69) is 111 Å². The van der Waals surface area contributed by atoms with E-state index in [0.29, 0.717) is 11.8 Å². The van der Waals surface area contributed by atoms with Gasteiger partial charge in [-0.3, -0.25) is 4.90 Å². The zero-order valence-corrected chi connectivity index (χ0v) is 18.7. The number of hydrogen-bond donors (Lipinski definition) is 0. The molecule has 3 aromatic carbocycles. The van der Waals surface area contributed by atoms with Crippen molar-refractivity contribution >= 4 is 10.9 Å². The average Bonchev–Trinajstić information content (AvgIpc) is 2.82. The molecule has 1 heterocycles. The van der Waals surface area contributed by atoms with Crippen LogP contribution in [-0.2, 0) is 6.54 Å². The van der Waals surface area contributed by atoms with Crippen LogP contribution in [0.2, 0.25) is 0 Å². The highest BCUT2D eigenvalue weighted by Crippen LogP contribution is 2.27. The Morgan fingerprint density at radius 1 is 0.774 bits per heavy atom. The molecule has 0 saturated carbocycles. The fourth-order valence-corrected chi connectivity index (χ4v) is 4.18. The fourth-order valence-electron chi connectivity index (χ4n) is 4.18. The van der Waals surface area contributed by atoms with Crippen LogP contribution in [0.4, 0.5) is 0 Å². The van der Waals surface area contributed by atoms with Crippen molar-refractivity contribution in [3.05, 3.63) is 108 Å². The maximum atomic E-state index is 5.01. The monoisotopic (exact) mass is 409 g/mol. The van der Waals surface area contributed by atoms with Crippen LogP contribution in [0, 0.1) is 0 Å². The molecule has 3 heteroatoms. The van der Waals surface area contributed by atoms with Crippen molar-refractivity contribution in [1.82, 2.24) is 14.9 Å². The number of aromatic nitrogens is 2. The molecule has 0 aliphatic carbocycles. The Morgan fingerprint density at radius 3 is 1.97 bits per heavy atom. The zero-order chi connectivity index (χ0) is 21.6. The van der Waals surface area contributed by atoms with Crippen molar-refractivity contribution in [1.29, 1.82) is 0 Å². The SMILES string of the molecule is CCC(C)c1nc(CN(C)CC(c2ccccc2)c2ccccc2)nc2ccccc12. The van der Waals surface area contributed by atoms with E-state index in [9.17, 15) is 0 Å². The van der Waals surface area contributed by atoms with Gasteiger partial charge in [0.05, 0.1) is 17.8 Å². The summed E-state index contributed by atoms with van der Waals surface area (Å²) in [4.78, 5) is 12.2. The lowest BCUT2D eigenvalue weighted by molar-refractivity contribution is 0.308. The van der Waals surface area contributed by atoms with Crippen LogP contribution in [0.25, 0.3) is 10.9 Å². The zero-order valence-electron chi connectivity index (χ0n) is 18.7. The van der Waals surface area contributed by atoms with Crippen molar-refractivity contribution in [2.75, 3.05) is 13.6 Å². The van der Waals surface area contributed by atoms with Gasteiger partial charge in [-0.05, 0) is 36.6 Å². The molecule has 0 N–H and O–H groups in total. The highest BCUT2D eigenvalue weighted by Gasteiger charge is 2.18. The molecular formula is C28H31N3. The smallest absolute Gasteiger partial charge is 0.143 e. The Hall–Kier alpha value is -3.04. The second kappa shape index (κ2) is 9.84. The molecule has 31 heavy (non-hydrogen) atoms. The van der Waals surface area contributed by atoms with Crippen molar-refractivity contribution in [2.45, 2.75) is 38.6 Å². The van der Waals surface area contributed by atoms with Gasteiger partial charge in [0.25, 0.3) is 0 Å². The van der Waals surface area contributed by atoms with E-state index in [1.807, 2.05) is 0 Å². The third-order valence-corrected chi connectivity index (χ3v) is 6.07. The number of hydrogen-bond acceptors (Lipinski definition) is 3. The van der Waals surface area contributed by atoms with Gasteiger partial charge in [0.1, 0.15) is 5.82 Å². The van der Waals surface area contributed by atoms with Gasteiger partial charge in [-0.15, -0.1) is 0 Å². The molecule has 158 valence electrons. The Bertz CT molecular complexity index is 1070. The van der Waals surface area contributed by atoms with Crippen LogP contribution >= 0.6 is 0 Å². The van der Waals surface area contributed by atoms with Crippen LogP contribution in [0.3, 0.4) is 0 Å². The first-order valence-corrected chi connectivity index (χ1v) is 11.2. The van der Waals surface area contributed by atoms with Crippen molar-refractivity contribution in [3.8, 4) is 0 Å². The number of fused-ring (bicyclic) bond motifs is 1. The summed E-state index contributed by atoms with van der Waals surface area (Å²) >= 11 is 0. The quantitative estimate of drug-likeness (QED) is 0.337. The fraction of sp³-hybridized carbons (Fsp3) is 0.286. The maximum Gasteiger partial charge on any atom is 0.143 e. The summed E-state index contributed by atoms with van der Waals surface area (Å²) < 4.78 is 0. The molecule has 0 amide bonds. The first-order chi connectivity index (χ1) is 15.2. The molecule has 0 aliphatic heterocycles. The molecular weight excluding hydrogens is 378 g/mol. The molecule has 1 unspecified atom stereocenters. The van der Waals surface area contributed by atoms with Crippen molar-refractivity contribution in [3.63, 3.8) is 0 Å². The van der Waals surface area contributed by atoms with E-state index in [1.165, 1.54) is 22.2 Å². The molecule has 0 bridgehead atoms. The molecule has 1 aromatic heterocycles. The van der Waals surface area contributed by atoms with Crippen LogP contribution in [0.15, 0.2) is 84.9 Å². The number of nitrogens with zero attached hydrogens (tertiary/aromatic N) is 3. The van der Waals surface area contributed by atoms with Gasteiger partial charge in [0.15, 0.2) is 0 Å². The summed E-state index contributed by atoms with van der Waals surface area (Å²) in [5, 5.41) is 1.18. The van der Waals surface area contributed by atoms with E-state index in [1.54, 1.807) is 0 Å². The van der Waals surface area contributed by atoms with Crippen molar-refractivity contribution in [2.24, 2.45) is 0 Å². The van der Waals surface area contributed by atoms with Gasteiger partial charge in [-0.1, -0.05) is 92.7 Å². The maximum absolute atomic E-state index is 5.01. The van der Waals surface area contributed by atoms with E-state index in [0.717, 1.165) is 30.9 Å². The van der Waals surface area contributed by atoms with Gasteiger partial charge in [-0.2, -0.15) is 0 Å². The third kappa shape index (κ3) is 5.00. The van der Waals surface area contributed by atoms with Crippen LogP contribution in [0.5, 0.6) is 0 Å². The highest BCUT2D eigenvalue weighted by molar-refractivity contribution is 5.81. The molecule has 0 fully saturated rings. The molecule has 3 nitrogen and oxygen atoms in total. The summed E-state index contributed by atoms with van der Waals surface area (Å²) in [5.41, 5.74) is 4.87. The normalized spacial score (nSPS) is 12.5. The first kappa shape index (κ1) is 21.2. The minimum Gasteiger partial charge on any atom is -0.298 e. The Morgan fingerprint density at radius 2 is 1.35 bits per heavy atom. The minimum absolute atomic E-state index is 0.307. The summed E-state index contributed by atoms with van der Waals surface area (Å²) in [5.74, 6) is 1.62. The highest BCUT2D eigenvalue weighted by atomic mass is 15.1. The minimum atomic E-state index is 0.307. The number of likely N-dealkylation sites (N-methyl/N-ethyl adjacent to an activating group) is 1. The third-order valence-electron chi connectivity index (χ3n) is 6.07. The molecule has 0 saturated heterocycles. The largest absolute Gasteiger partial charge is 0.298 e. The van der Waals surface area contributed by atoms with Crippen molar-refractivity contribution < 1.29 is 0 Å². The molecule has 4 aromatic rings. The van der Waals surface area contributed by atoms with Crippen LogP contribution in [-0.4, -0.2) is 28.5 Å². The predicted molar refractivity (Wildman–Crippen MR) is 129 cm³/mol. The first-order valence-electron chi connectivity index (χ1n) is 11.2. The molecule has 0 spiro atoms. The average molecular weight is 410 g/mol. The topological polar surface area (TPSA) is 29.0 Å². The molecule has 0 aliphatic rings. The lowest BCUT2D eigenvalue weighted by Gasteiger charge is -2.25. The van der Waals surface area contributed by atoms with E-state index >= 15 is 0 Å². The molecule has 1 atom stereocenters. The van der Waals surface area contributed by atoms with E-state index in [-0.39, 0.29) is 0 Å². The standard InChI is InChI=1S/C28H31N3/c1-4-21(2)28-24-17-11-12-18-26(24)29-27(30-28)20-31(3)19-25(22-13-7-5-8-14-22)23-15-9-6-10-16-23/h5-18,21,25H,4,19-20H2,1-3H3. The summed E-state index contributed by atoms with van der Waals surface area (Å²) in [6.45, 7) is 6.11. The van der Waals surface area contributed by atoms with Gasteiger partial charge in [0, 0.05) is 17.8 Å². The summed E-state index contributed by atoms with van der Waals surface area (Å²) in [6.07, 6.45) is 1.07. The number of rotatable bonds is 8. The number of benzene rings is 3. The van der Waals surface area contributed by atoms with E-state index < -0.39 is 0 Å². The van der Waals surface area contributed by atoms with E-state index in [4.69, 9.17) is 9.97 Å². The molecule has 4 rings (SSSR count). The van der Waals surface area contributed by atoms with Gasteiger partial charge in [0.2, 0.25) is 0 Å². The predicted octanol–water partition coefficient (Wildman–Crippen LogP) is 6.41. The van der Waals surface area contributed by atoms with Gasteiger partial charge < -0.3 is 0 Å².